The second-order valence-electron chi connectivity index (χ2n) is 25.3. The first-order valence-electron chi connectivity index (χ1n) is 45.2. The van der Waals surface area contributed by atoms with E-state index in [-0.39, 0.29) is 12.1 Å². The Morgan fingerprint density at radius 2 is 0.759 bits per heavy atom. The van der Waals surface area contributed by atoms with Crippen LogP contribution in [0.3, 0.4) is 0 Å². The van der Waals surface area contributed by atoms with Crippen LogP contribution in [0.2, 0.25) is 0 Å². The number of benzene rings is 13. The molecule has 0 N–H and O–H groups in total. The molecule has 0 bridgehead atoms. The van der Waals surface area contributed by atoms with Gasteiger partial charge in [0, 0.05) is 33.0 Å². The topological polar surface area (TPSA) is 145 Å². The summed E-state index contributed by atoms with van der Waals surface area (Å²) in [5, 5.41) is 18.9. The quantitative estimate of drug-likeness (QED) is 0.0360. The predicted octanol–water partition coefficient (Wildman–Crippen LogP) is 35.9. The normalized spacial score (nSPS) is 9.37. The van der Waals surface area contributed by atoms with Crippen LogP contribution in [0.5, 0.6) is 34.8 Å². The standard InChI is InChI=1S/C20H15NO.C20H14O.C16H12O.C15H12O.C8H8O.C6H7N3O.C6H6OS.C5H10O.C4H8O.C3H3F3O.C3H6O.6C2H6/c1-2-22-16-13-11-15(12-14-16)21-19-9-5-3-7-17(19)18-8-4-6-10-20(18)21;1-2-21-14-11-12-19-17-9-4-3-7-15(17)16-8-5-6-10-18(16)20(19)13-14;1-2-17-14-9-10-16-13(11-14)8-7-12-5-3-4-6-15(12)16;1-2-16-15-13-9-5-3-7-11(13)12-8-4-6-10-14(12)15;1-2-9-8-6-4-3-5-7-8;1-3-10-6-8-4-7-5(2)9-6;1-2-7-6-3-4-8-5-6;1-3-5-6-4-2;1-3-5-4-2;1-7-3(6)2(4)5;1-3-4-2;6*1-2/h2-14H,1H2;2-13H,1H2;2-11H,1H2;2-10,15H,1H2;2-7H,1H2;3-4H,1H2,2H3;2-5H,1H2;4H,2-3,5H2,1H3;3H,1,4H2,2H3;1H3;3H,1H2,2H3;6*1-2H3. The van der Waals surface area contributed by atoms with Crippen LogP contribution in [0.1, 0.15) is 126 Å². The highest BCUT2D eigenvalue weighted by atomic mass is 32.1. The molecule has 0 fully saturated rings. The summed E-state index contributed by atoms with van der Waals surface area (Å²) in [6.07, 6.45) is 14.3. The van der Waals surface area contributed by atoms with Crippen molar-refractivity contribution in [2.24, 2.45) is 0 Å². The van der Waals surface area contributed by atoms with Gasteiger partial charge in [0.05, 0.1) is 101 Å². The lowest BCUT2D eigenvalue weighted by Crippen LogP contribution is -1.97. The Labute approximate surface area is 815 Å². The average molecular weight is 1880 g/mol. The molecule has 0 aliphatic heterocycles. The van der Waals surface area contributed by atoms with E-state index in [0.717, 1.165) is 61.2 Å². The summed E-state index contributed by atoms with van der Waals surface area (Å²) in [6.45, 7) is 65.9. The van der Waals surface area contributed by atoms with Crippen LogP contribution < -0.4 is 28.4 Å². The van der Waals surface area contributed by atoms with Crippen molar-refractivity contribution in [2.75, 3.05) is 27.4 Å². The van der Waals surface area contributed by atoms with Gasteiger partial charge in [-0.3, -0.25) is 0 Å². The number of para-hydroxylation sites is 3. The Bertz CT molecular complexity index is 6000. The van der Waals surface area contributed by atoms with E-state index in [1.165, 1.54) is 167 Å². The smallest absolute Gasteiger partial charge is 0.342 e. The van der Waals surface area contributed by atoms with Crippen LogP contribution >= 0.6 is 11.3 Å². The molecule has 13 aromatic carbocycles. The maximum absolute atomic E-state index is 11.2. The average Bonchev–Trinajstić information content (AvgIpc) is 1.24. The van der Waals surface area contributed by atoms with Crippen LogP contribution in [0, 0.1) is 6.92 Å². The lowest BCUT2D eigenvalue weighted by atomic mass is 9.94. The number of hydrogen-bond acceptors (Lipinski definition) is 15. The first-order valence-corrected chi connectivity index (χ1v) is 46.1. The minimum absolute atomic E-state index is 0.00454. The van der Waals surface area contributed by atoms with Crippen molar-refractivity contribution in [3.8, 4) is 51.6 Å². The number of aryl methyl sites for hydroxylation is 1. The highest BCUT2D eigenvalue weighted by Gasteiger charge is 2.28. The molecule has 0 radical (unpaired) electrons. The number of rotatable bonds is 22. The zero-order valence-electron chi connectivity index (χ0n) is 82.7. The van der Waals surface area contributed by atoms with Gasteiger partial charge in [0.15, 0.2) is 0 Å². The van der Waals surface area contributed by atoms with Crippen molar-refractivity contribution >= 4 is 87.0 Å². The molecule has 17 rings (SSSR count). The van der Waals surface area contributed by atoms with Gasteiger partial charge in [-0.25, -0.2) is 4.98 Å². The van der Waals surface area contributed by atoms with Crippen molar-refractivity contribution < 1.29 is 65.3 Å². The molecule has 0 spiro atoms. The van der Waals surface area contributed by atoms with Crippen LogP contribution in [-0.4, -0.2) is 47.0 Å². The number of halogens is 3. The lowest BCUT2D eigenvalue weighted by Gasteiger charge is -2.12. The highest BCUT2D eigenvalue weighted by Crippen LogP contribution is 2.45. The van der Waals surface area contributed by atoms with E-state index in [0.29, 0.717) is 5.82 Å². The molecule has 19 heteroatoms. The van der Waals surface area contributed by atoms with Gasteiger partial charge in [0.2, 0.25) is 0 Å². The van der Waals surface area contributed by atoms with Crippen LogP contribution in [0.15, 0.2) is 437 Å². The second-order valence-corrected chi connectivity index (χ2v) is 26.1. The summed E-state index contributed by atoms with van der Waals surface area (Å²) in [4.78, 5) is 11.3. The van der Waals surface area contributed by atoms with Crippen LogP contribution in [0.25, 0.3) is 92.5 Å². The molecule has 0 atom stereocenters. The van der Waals surface area contributed by atoms with Gasteiger partial charge in [0.25, 0.3) is 0 Å². The SMILES string of the molecule is C=COC.C=COC1c2ccccc2-c2ccccc21.C=COCC.C=COCCC.C=COc1ccc(-n2c3ccccc3c3ccccc32)cc1.C=COc1ccc2c(ccc3ccccc32)c1.C=COc1ccc2c3ccccc3c3ccccc3c2c1.C=COc1ccccc1.C=COc1ccsc1.C=COc1ncnc(C)n1.CC.CC.CC.CC.CC.CC.COC(F)=C(F)F. The Hall–Kier alpha value is -15.6. The Balaban J connectivity index is 0.000000770. The zero-order valence-corrected chi connectivity index (χ0v) is 83.5. The molecule has 3 aromatic heterocycles. The van der Waals surface area contributed by atoms with E-state index in [9.17, 15) is 13.2 Å². The molecular formula is C118H137F3N4O11S. The molecule has 0 amide bonds. The van der Waals surface area contributed by atoms with Crippen molar-refractivity contribution in [1.29, 1.82) is 0 Å². The van der Waals surface area contributed by atoms with Gasteiger partial charge < -0.3 is 56.7 Å². The van der Waals surface area contributed by atoms with Gasteiger partial charge in [-0.2, -0.15) is 23.1 Å². The van der Waals surface area contributed by atoms with Crippen molar-refractivity contribution in [3.63, 3.8) is 0 Å². The van der Waals surface area contributed by atoms with Crippen LogP contribution in [0.4, 0.5) is 13.2 Å². The summed E-state index contributed by atoms with van der Waals surface area (Å²) in [7, 11) is 2.39. The maximum Gasteiger partial charge on any atom is 0.342 e. The van der Waals surface area contributed by atoms with E-state index in [1.807, 2.05) is 180 Å². The third-order valence-electron chi connectivity index (χ3n) is 17.5. The molecule has 722 valence electrons. The Kier molecular flexibility index (Phi) is 65.3. The minimum atomic E-state index is -2.43. The van der Waals surface area contributed by atoms with Gasteiger partial charge in [-0.1, -0.05) is 356 Å². The van der Waals surface area contributed by atoms with E-state index in [2.05, 4.69) is 307 Å². The first-order chi connectivity index (χ1) is 67.2. The Morgan fingerprint density at radius 1 is 0.365 bits per heavy atom. The van der Waals surface area contributed by atoms with Gasteiger partial charge >= 0.3 is 18.1 Å². The number of methoxy groups -OCH3 is 2. The Morgan fingerprint density at radius 3 is 1.18 bits per heavy atom. The fourth-order valence-electron chi connectivity index (χ4n) is 12.4. The maximum atomic E-state index is 11.2. The van der Waals surface area contributed by atoms with Gasteiger partial charge in [0.1, 0.15) is 47.0 Å². The molecule has 15 nitrogen and oxygen atoms in total. The predicted molar refractivity (Wildman–Crippen MR) is 577 cm³/mol. The molecular weight excluding hydrogens is 1740 g/mol. The summed E-state index contributed by atoms with van der Waals surface area (Å²) in [6, 6.07) is 93.6. The summed E-state index contributed by atoms with van der Waals surface area (Å²) >= 11 is 1.61. The molecule has 0 unspecified atom stereocenters. The third-order valence-corrected chi connectivity index (χ3v) is 18.2. The molecule has 0 saturated carbocycles. The zero-order chi connectivity index (χ0) is 102. The van der Waals surface area contributed by atoms with E-state index >= 15 is 0 Å². The third kappa shape index (κ3) is 40.4. The molecule has 0 saturated heterocycles. The summed E-state index contributed by atoms with van der Waals surface area (Å²) in [5.41, 5.74) is 8.53. The number of ether oxygens (including phenoxy) is 11. The molecule has 1 aliphatic rings. The van der Waals surface area contributed by atoms with E-state index in [1.54, 1.807) is 25.4 Å². The monoisotopic (exact) mass is 1870 g/mol. The second kappa shape index (κ2) is 74.9. The lowest BCUT2D eigenvalue weighted by molar-refractivity contribution is 0.166. The largest absolute Gasteiger partial charge is 0.505 e. The summed E-state index contributed by atoms with van der Waals surface area (Å²) < 4.78 is 88.5. The number of hydrogen-bond donors (Lipinski definition) is 0. The molecule has 1 aliphatic carbocycles. The fraction of sp³-hybridized carbons (Fsp3) is 0.178. The molecule has 3 heterocycles. The van der Waals surface area contributed by atoms with Gasteiger partial charge in [-0.05, 0) is 170 Å². The molecule has 137 heavy (non-hydrogen) atoms. The van der Waals surface area contributed by atoms with Crippen molar-refractivity contribution in [1.82, 2.24) is 19.5 Å². The highest BCUT2D eigenvalue weighted by molar-refractivity contribution is 7.08. The number of thiophene rings is 1. The van der Waals surface area contributed by atoms with E-state index in [4.69, 9.17) is 37.9 Å². The number of fused-ring (bicyclic) bond motifs is 15. The van der Waals surface area contributed by atoms with Crippen molar-refractivity contribution in [2.45, 2.75) is 116 Å². The number of aromatic nitrogens is 4. The van der Waals surface area contributed by atoms with Crippen molar-refractivity contribution in [3.05, 3.63) is 454 Å². The van der Waals surface area contributed by atoms with Gasteiger partial charge in [-0.15, -0.1) is 11.3 Å². The minimum Gasteiger partial charge on any atom is -0.505 e. The fourth-order valence-corrected chi connectivity index (χ4v) is 13.0. The van der Waals surface area contributed by atoms with E-state index < -0.39 is 12.1 Å². The number of nitrogens with zero attached hydrogens (tertiary/aromatic N) is 4. The molecule has 16 aromatic rings. The van der Waals surface area contributed by atoms with Crippen LogP contribution in [-0.2, 0) is 23.7 Å². The first kappa shape index (κ1) is 119. The summed E-state index contributed by atoms with van der Waals surface area (Å²) in [5.74, 6) is 4.75.